The minimum absolute atomic E-state index is 0.287. The number of carbonyl (C=O) groups is 1. The summed E-state index contributed by atoms with van der Waals surface area (Å²) in [6.07, 6.45) is 0. The van der Waals surface area contributed by atoms with Gasteiger partial charge in [-0.05, 0) is 29.8 Å². The van der Waals surface area contributed by atoms with Crippen molar-refractivity contribution in [1.82, 2.24) is 5.32 Å². The van der Waals surface area contributed by atoms with Crippen molar-refractivity contribution in [3.63, 3.8) is 0 Å². The van der Waals surface area contributed by atoms with E-state index in [0.717, 1.165) is 11.3 Å². The van der Waals surface area contributed by atoms with Gasteiger partial charge in [-0.25, -0.2) is 4.79 Å². The molecule has 6 nitrogen and oxygen atoms in total. The number of rotatable bonds is 6. The van der Waals surface area contributed by atoms with E-state index in [-0.39, 0.29) is 6.03 Å². The summed E-state index contributed by atoms with van der Waals surface area (Å²) >= 11 is 0. The lowest BCUT2D eigenvalue weighted by molar-refractivity contribution is 0.251. The van der Waals surface area contributed by atoms with Gasteiger partial charge in [0.15, 0.2) is 11.5 Å². The molecule has 0 saturated carbocycles. The van der Waals surface area contributed by atoms with Gasteiger partial charge >= 0.3 is 6.03 Å². The van der Waals surface area contributed by atoms with Crippen molar-refractivity contribution in [1.29, 1.82) is 0 Å². The van der Waals surface area contributed by atoms with Crippen molar-refractivity contribution >= 4 is 11.7 Å². The van der Waals surface area contributed by atoms with Crippen LogP contribution < -0.4 is 24.8 Å². The number of benzene rings is 2. The van der Waals surface area contributed by atoms with Crippen molar-refractivity contribution in [2.24, 2.45) is 0 Å². The minimum atomic E-state index is -0.287. The number of nitrogens with one attached hydrogen (secondary N) is 2. The average Bonchev–Trinajstić information content (AvgIpc) is 2.59. The van der Waals surface area contributed by atoms with Gasteiger partial charge in [-0.3, -0.25) is 0 Å². The van der Waals surface area contributed by atoms with E-state index in [4.69, 9.17) is 14.2 Å². The first-order valence-corrected chi connectivity index (χ1v) is 7.06. The van der Waals surface area contributed by atoms with E-state index in [1.54, 1.807) is 33.5 Å². The fourth-order valence-electron chi connectivity index (χ4n) is 2.12. The second kappa shape index (κ2) is 7.93. The van der Waals surface area contributed by atoms with E-state index in [1.807, 2.05) is 30.3 Å². The quantitative estimate of drug-likeness (QED) is 0.859. The number of para-hydroxylation sites is 1. The molecule has 2 rings (SSSR count). The number of urea groups is 1. The molecule has 0 unspecified atom stereocenters. The molecule has 0 radical (unpaired) electrons. The van der Waals surface area contributed by atoms with E-state index in [1.165, 1.54) is 0 Å². The van der Waals surface area contributed by atoms with Crippen molar-refractivity contribution in [2.75, 3.05) is 26.6 Å². The topological polar surface area (TPSA) is 68.8 Å². The highest BCUT2D eigenvalue weighted by Crippen LogP contribution is 2.38. The zero-order chi connectivity index (χ0) is 16.7. The molecule has 0 aliphatic carbocycles. The summed E-state index contributed by atoms with van der Waals surface area (Å²) in [6, 6.07) is 12.5. The van der Waals surface area contributed by atoms with Crippen LogP contribution in [0, 0.1) is 0 Å². The Balaban J connectivity index is 2.04. The van der Waals surface area contributed by atoms with Crippen molar-refractivity contribution < 1.29 is 19.0 Å². The molecule has 0 heterocycles. The number of carbonyl (C=O) groups excluding carboxylic acids is 1. The van der Waals surface area contributed by atoms with Crippen LogP contribution in [0.25, 0.3) is 0 Å². The molecular formula is C17H20N2O4. The first kappa shape index (κ1) is 16.5. The summed E-state index contributed by atoms with van der Waals surface area (Å²) in [6.45, 7) is 0.329. The van der Waals surface area contributed by atoms with Gasteiger partial charge in [0.1, 0.15) is 0 Å². The third kappa shape index (κ3) is 4.29. The van der Waals surface area contributed by atoms with Gasteiger partial charge in [-0.15, -0.1) is 0 Å². The summed E-state index contributed by atoms with van der Waals surface area (Å²) in [5.74, 6) is 1.62. The number of ether oxygens (including phenoxy) is 3. The predicted octanol–water partition coefficient (Wildman–Crippen LogP) is 3.03. The Hall–Kier alpha value is -2.89. The molecule has 0 aromatic heterocycles. The first-order valence-electron chi connectivity index (χ1n) is 7.06. The lowest BCUT2D eigenvalue weighted by atomic mass is 10.2. The van der Waals surface area contributed by atoms with Gasteiger partial charge in [0.25, 0.3) is 0 Å². The molecule has 0 bridgehead atoms. The van der Waals surface area contributed by atoms with Crippen LogP contribution in [-0.2, 0) is 6.54 Å². The Labute approximate surface area is 135 Å². The molecule has 122 valence electrons. The van der Waals surface area contributed by atoms with Gasteiger partial charge in [-0.1, -0.05) is 18.2 Å². The zero-order valence-electron chi connectivity index (χ0n) is 13.4. The van der Waals surface area contributed by atoms with Gasteiger partial charge < -0.3 is 24.8 Å². The second-order valence-corrected chi connectivity index (χ2v) is 4.71. The van der Waals surface area contributed by atoms with Crippen LogP contribution in [0.2, 0.25) is 0 Å². The molecule has 0 atom stereocenters. The van der Waals surface area contributed by atoms with Crippen molar-refractivity contribution in [2.45, 2.75) is 6.54 Å². The van der Waals surface area contributed by atoms with Crippen molar-refractivity contribution in [3.05, 3.63) is 48.0 Å². The van der Waals surface area contributed by atoms with Gasteiger partial charge in [0.05, 0.1) is 21.3 Å². The molecule has 0 aliphatic heterocycles. The minimum Gasteiger partial charge on any atom is -0.493 e. The Bertz CT molecular complexity index is 634. The molecule has 2 N–H and O–H groups in total. The van der Waals surface area contributed by atoms with Crippen LogP contribution in [-0.4, -0.2) is 27.4 Å². The second-order valence-electron chi connectivity index (χ2n) is 4.71. The molecular weight excluding hydrogens is 296 g/mol. The standard InChI is InChI=1S/C17H20N2O4/c1-21-14-9-12(10-15(22-2)16(14)23-3)11-18-17(20)19-13-7-5-4-6-8-13/h4-10H,11H2,1-3H3,(H2,18,19,20). The van der Waals surface area contributed by atoms with Crippen LogP contribution in [0.3, 0.4) is 0 Å². The zero-order valence-corrected chi connectivity index (χ0v) is 13.4. The van der Waals surface area contributed by atoms with Crippen LogP contribution >= 0.6 is 0 Å². The molecule has 0 aliphatic rings. The lowest BCUT2D eigenvalue weighted by Crippen LogP contribution is -2.28. The summed E-state index contributed by atoms with van der Waals surface area (Å²) in [5, 5.41) is 5.54. The molecule has 0 spiro atoms. The van der Waals surface area contributed by atoms with E-state index >= 15 is 0 Å². The maximum Gasteiger partial charge on any atom is 0.319 e. The Morgan fingerprint density at radius 2 is 1.57 bits per heavy atom. The smallest absolute Gasteiger partial charge is 0.319 e. The summed E-state index contributed by atoms with van der Waals surface area (Å²) in [5.41, 5.74) is 1.57. The first-order chi connectivity index (χ1) is 11.2. The number of hydrogen-bond acceptors (Lipinski definition) is 4. The third-order valence-electron chi connectivity index (χ3n) is 3.21. The summed E-state index contributed by atoms with van der Waals surface area (Å²) in [7, 11) is 4.65. The van der Waals surface area contributed by atoms with E-state index in [0.29, 0.717) is 23.8 Å². The highest BCUT2D eigenvalue weighted by molar-refractivity contribution is 5.89. The highest BCUT2D eigenvalue weighted by atomic mass is 16.5. The van der Waals surface area contributed by atoms with Crippen LogP contribution in [0.5, 0.6) is 17.2 Å². The summed E-state index contributed by atoms with van der Waals surface area (Å²) in [4.78, 5) is 11.9. The van der Waals surface area contributed by atoms with Crippen LogP contribution in [0.15, 0.2) is 42.5 Å². The SMILES string of the molecule is COc1cc(CNC(=O)Nc2ccccc2)cc(OC)c1OC. The van der Waals surface area contributed by atoms with Crippen LogP contribution in [0.1, 0.15) is 5.56 Å². The van der Waals surface area contributed by atoms with Gasteiger partial charge in [0, 0.05) is 12.2 Å². The monoisotopic (exact) mass is 316 g/mol. The van der Waals surface area contributed by atoms with E-state index < -0.39 is 0 Å². The summed E-state index contributed by atoms with van der Waals surface area (Å²) < 4.78 is 15.8. The third-order valence-corrected chi connectivity index (χ3v) is 3.21. The fraction of sp³-hybridized carbons (Fsp3) is 0.235. The molecule has 6 heteroatoms. The van der Waals surface area contributed by atoms with Crippen LogP contribution in [0.4, 0.5) is 10.5 Å². The lowest BCUT2D eigenvalue weighted by Gasteiger charge is -2.14. The Kier molecular flexibility index (Phi) is 5.68. The molecule has 2 aromatic carbocycles. The molecule has 0 saturated heterocycles. The number of hydrogen-bond donors (Lipinski definition) is 2. The molecule has 0 fully saturated rings. The number of methoxy groups -OCH3 is 3. The Morgan fingerprint density at radius 1 is 0.957 bits per heavy atom. The van der Waals surface area contributed by atoms with E-state index in [9.17, 15) is 4.79 Å². The average molecular weight is 316 g/mol. The van der Waals surface area contributed by atoms with Gasteiger partial charge in [0.2, 0.25) is 5.75 Å². The normalized spacial score (nSPS) is 9.87. The van der Waals surface area contributed by atoms with Gasteiger partial charge in [-0.2, -0.15) is 0 Å². The molecule has 23 heavy (non-hydrogen) atoms. The van der Waals surface area contributed by atoms with Crippen molar-refractivity contribution in [3.8, 4) is 17.2 Å². The molecule has 2 aromatic rings. The van der Waals surface area contributed by atoms with E-state index in [2.05, 4.69) is 10.6 Å². The predicted molar refractivity (Wildman–Crippen MR) is 88.4 cm³/mol. The molecule has 2 amide bonds. The number of anilines is 1. The Morgan fingerprint density at radius 3 is 2.09 bits per heavy atom. The fourth-order valence-corrected chi connectivity index (χ4v) is 2.12. The maximum absolute atomic E-state index is 11.9. The highest BCUT2D eigenvalue weighted by Gasteiger charge is 2.13. The maximum atomic E-state index is 11.9. The number of amides is 2. The largest absolute Gasteiger partial charge is 0.493 e.